The average Bonchev–Trinajstić information content (AvgIpc) is 2.79. The maximum absolute atomic E-state index is 12.9. The highest BCUT2D eigenvalue weighted by Gasteiger charge is 2.31. The van der Waals surface area contributed by atoms with Gasteiger partial charge in [0.05, 0.1) is 10.9 Å². The van der Waals surface area contributed by atoms with Crippen molar-refractivity contribution in [3.63, 3.8) is 0 Å². The van der Waals surface area contributed by atoms with E-state index >= 15 is 0 Å². The molecule has 0 aliphatic carbocycles. The fraction of sp³-hybridized carbons (Fsp3) is 0.435. The van der Waals surface area contributed by atoms with E-state index in [1.54, 1.807) is 30.3 Å². The molecule has 1 aliphatic rings. The molecule has 1 amide bonds. The minimum Gasteiger partial charge on any atom is -0.324 e. The van der Waals surface area contributed by atoms with Gasteiger partial charge in [0.1, 0.15) is 0 Å². The van der Waals surface area contributed by atoms with Crippen LogP contribution < -0.4 is 5.32 Å². The summed E-state index contributed by atoms with van der Waals surface area (Å²) in [4.78, 5) is 15.2. The molecular formula is C23H31N3O3S. The van der Waals surface area contributed by atoms with E-state index in [2.05, 4.69) is 25.2 Å². The molecule has 1 saturated heterocycles. The standard InChI is InChI=1S/C23H31N3O3S/c1-4-18(2)21-12-8-9-13-22(21)24-23(27)19(3)25-14-16-26(17-15-25)30(28,29)20-10-6-5-7-11-20/h5-13,18-19H,4,14-17H2,1-3H3,(H,24,27)/t18-,19-/m1/s1. The number of rotatable bonds is 7. The summed E-state index contributed by atoms with van der Waals surface area (Å²) in [5.41, 5.74) is 1.99. The first-order valence-corrected chi connectivity index (χ1v) is 12.0. The van der Waals surface area contributed by atoms with Crippen LogP contribution in [0.25, 0.3) is 0 Å². The number of para-hydroxylation sites is 1. The van der Waals surface area contributed by atoms with Gasteiger partial charge in [-0.2, -0.15) is 4.31 Å². The number of piperazine rings is 1. The number of carbonyl (C=O) groups excluding carboxylic acids is 1. The number of hydrogen-bond donors (Lipinski definition) is 1. The molecule has 3 rings (SSSR count). The van der Waals surface area contributed by atoms with E-state index in [-0.39, 0.29) is 11.9 Å². The smallest absolute Gasteiger partial charge is 0.243 e. The highest BCUT2D eigenvalue weighted by molar-refractivity contribution is 7.89. The van der Waals surface area contributed by atoms with Crippen molar-refractivity contribution in [1.82, 2.24) is 9.21 Å². The Bertz CT molecular complexity index is 955. The Morgan fingerprint density at radius 2 is 1.57 bits per heavy atom. The van der Waals surface area contributed by atoms with Crippen LogP contribution >= 0.6 is 0 Å². The predicted molar refractivity (Wildman–Crippen MR) is 120 cm³/mol. The van der Waals surface area contributed by atoms with Crippen molar-refractivity contribution in [3.05, 3.63) is 60.2 Å². The molecule has 2 aromatic rings. The average molecular weight is 430 g/mol. The second kappa shape index (κ2) is 9.73. The number of amides is 1. The fourth-order valence-corrected chi connectivity index (χ4v) is 5.18. The number of nitrogens with zero attached hydrogens (tertiary/aromatic N) is 2. The summed E-state index contributed by atoms with van der Waals surface area (Å²) in [7, 11) is -3.49. The Hall–Kier alpha value is -2.22. The highest BCUT2D eigenvalue weighted by atomic mass is 32.2. The van der Waals surface area contributed by atoms with Gasteiger partial charge in [-0.25, -0.2) is 8.42 Å². The Morgan fingerprint density at radius 1 is 0.967 bits per heavy atom. The van der Waals surface area contributed by atoms with E-state index < -0.39 is 10.0 Å². The third-order valence-corrected chi connectivity index (χ3v) is 7.86. The zero-order valence-corrected chi connectivity index (χ0v) is 18.7. The zero-order valence-electron chi connectivity index (χ0n) is 17.9. The van der Waals surface area contributed by atoms with Gasteiger partial charge in [-0.05, 0) is 43.0 Å². The lowest BCUT2D eigenvalue weighted by molar-refractivity contribution is -0.121. The minimum atomic E-state index is -3.49. The molecule has 1 aliphatic heterocycles. The van der Waals surface area contributed by atoms with Crippen LogP contribution in [0.1, 0.15) is 38.7 Å². The molecule has 0 radical (unpaired) electrons. The quantitative estimate of drug-likeness (QED) is 0.731. The van der Waals surface area contributed by atoms with Gasteiger partial charge in [0.25, 0.3) is 0 Å². The van der Waals surface area contributed by atoms with Gasteiger partial charge in [0.2, 0.25) is 15.9 Å². The van der Waals surface area contributed by atoms with Crippen molar-refractivity contribution >= 4 is 21.6 Å². The maximum Gasteiger partial charge on any atom is 0.243 e. The molecule has 6 nitrogen and oxygen atoms in total. The topological polar surface area (TPSA) is 69.7 Å². The molecule has 162 valence electrons. The van der Waals surface area contributed by atoms with Gasteiger partial charge >= 0.3 is 0 Å². The van der Waals surface area contributed by atoms with Gasteiger partial charge in [0.15, 0.2) is 0 Å². The number of anilines is 1. The number of sulfonamides is 1. The van der Waals surface area contributed by atoms with Crippen molar-refractivity contribution in [2.75, 3.05) is 31.5 Å². The van der Waals surface area contributed by atoms with Crippen molar-refractivity contribution in [2.24, 2.45) is 0 Å². The summed E-state index contributed by atoms with van der Waals surface area (Å²) in [6.07, 6.45) is 1.00. The van der Waals surface area contributed by atoms with Crippen molar-refractivity contribution in [2.45, 2.75) is 44.0 Å². The van der Waals surface area contributed by atoms with Crippen molar-refractivity contribution < 1.29 is 13.2 Å². The van der Waals surface area contributed by atoms with E-state index in [0.29, 0.717) is 37.0 Å². The molecule has 0 spiro atoms. The molecule has 0 bridgehead atoms. The van der Waals surface area contributed by atoms with Crippen LogP contribution in [0.15, 0.2) is 59.5 Å². The van der Waals surface area contributed by atoms with Gasteiger partial charge in [-0.1, -0.05) is 50.2 Å². The molecule has 1 N–H and O–H groups in total. The highest BCUT2D eigenvalue weighted by Crippen LogP contribution is 2.27. The Morgan fingerprint density at radius 3 is 2.20 bits per heavy atom. The first-order valence-electron chi connectivity index (χ1n) is 10.5. The molecular weight excluding hydrogens is 398 g/mol. The van der Waals surface area contributed by atoms with Gasteiger partial charge in [-0.3, -0.25) is 9.69 Å². The molecule has 2 aromatic carbocycles. The lowest BCUT2D eigenvalue weighted by atomic mass is 9.97. The van der Waals surface area contributed by atoms with Crippen LogP contribution in [-0.2, 0) is 14.8 Å². The van der Waals surface area contributed by atoms with E-state index in [1.807, 2.05) is 30.0 Å². The summed E-state index contributed by atoms with van der Waals surface area (Å²) in [6, 6.07) is 16.1. The summed E-state index contributed by atoms with van der Waals surface area (Å²) in [5.74, 6) is 0.300. The molecule has 2 atom stereocenters. The monoisotopic (exact) mass is 429 g/mol. The van der Waals surface area contributed by atoms with E-state index in [9.17, 15) is 13.2 Å². The first kappa shape index (κ1) is 22.5. The van der Waals surface area contributed by atoms with Gasteiger partial charge in [0, 0.05) is 31.9 Å². The Kier molecular flexibility index (Phi) is 7.28. The number of carbonyl (C=O) groups is 1. The van der Waals surface area contributed by atoms with Gasteiger partial charge < -0.3 is 5.32 Å². The largest absolute Gasteiger partial charge is 0.324 e. The molecule has 7 heteroatoms. The maximum atomic E-state index is 12.9. The molecule has 1 fully saturated rings. The Labute approximate surface area is 179 Å². The summed E-state index contributed by atoms with van der Waals surface area (Å²) in [6.45, 7) is 7.95. The fourth-order valence-electron chi connectivity index (χ4n) is 3.74. The molecule has 0 saturated carbocycles. The normalized spacial score (nSPS) is 18.0. The molecule has 30 heavy (non-hydrogen) atoms. The lowest BCUT2D eigenvalue weighted by Crippen LogP contribution is -2.53. The third kappa shape index (κ3) is 4.91. The lowest BCUT2D eigenvalue weighted by Gasteiger charge is -2.36. The van der Waals surface area contributed by atoms with Gasteiger partial charge in [-0.15, -0.1) is 0 Å². The second-order valence-electron chi connectivity index (χ2n) is 7.81. The minimum absolute atomic E-state index is 0.0647. The van der Waals surface area contributed by atoms with E-state index in [0.717, 1.165) is 17.7 Å². The van der Waals surface area contributed by atoms with Crippen LogP contribution in [-0.4, -0.2) is 55.8 Å². The summed E-state index contributed by atoms with van der Waals surface area (Å²) < 4.78 is 27.1. The third-order valence-electron chi connectivity index (χ3n) is 5.94. The molecule has 0 unspecified atom stereocenters. The van der Waals surface area contributed by atoms with Crippen molar-refractivity contribution in [1.29, 1.82) is 0 Å². The summed E-state index contributed by atoms with van der Waals surface area (Å²) in [5, 5.41) is 3.08. The summed E-state index contributed by atoms with van der Waals surface area (Å²) >= 11 is 0. The number of hydrogen-bond acceptors (Lipinski definition) is 4. The van der Waals surface area contributed by atoms with Crippen molar-refractivity contribution in [3.8, 4) is 0 Å². The van der Waals surface area contributed by atoms with E-state index in [4.69, 9.17) is 0 Å². The first-order chi connectivity index (χ1) is 14.3. The second-order valence-corrected chi connectivity index (χ2v) is 9.75. The van der Waals surface area contributed by atoms with Crippen LogP contribution in [0.5, 0.6) is 0 Å². The van der Waals surface area contributed by atoms with Crippen LogP contribution in [0.4, 0.5) is 5.69 Å². The Balaban J connectivity index is 1.62. The number of nitrogens with one attached hydrogen (secondary N) is 1. The molecule has 0 aromatic heterocycles. The van der Waals surface area contributed by atoms with Crippen LogP contribution in [0.2, 0.25) is 0 Å². The SMILES string of the molecule is CC[C@@H](C)c1ccccc1NC(=O)[C@@H](C)N1CCN(S(=O)(=O)c2ccccc2)CC1. The van der Waals surface area contributed by atoms with Crippen LogP contribution in [0.3, 0.4) is 0 Å². The van der Waals surface area contributed by atoms with E-state index in [1.165, 1.54) is 4.31 Å². The zero-order chi connectivity index (χ0) is 21.7. The number of benzene rings is 2. The molecule has 1 heterocycles. The predicted octanol–water partition coefficient (Wildman–Crippen LogP) is 3.53. The van der Waals surface area contributed by atoms with Crippen LogP contribution in [0, 0.1) is 0 Å².